The highest BCUT2D eigenvalue weighted by Gasteiger charge is 2.16. The third kappa shape index (κ3) is 4.63. The van der Waals surface area contributed by atoms with Crippen LogP contribution in [0.4, 0.5) is 0 Å². The summed E-state index contributed by atoms with van der Waals surface area (Å²) in [4.78, 5) is 1.29. The van der Waals surface area contributed by atoms with Gasteiger partial charge >= 0.3 is 0 Å². The summed E-state index contributed by atoms with van der Waals surface area (Å²) in [5, 5.41) is 8.66. The second kappa shape index (κ2) is 7.17. The molecule has 0 aliphatic rings. The lowest BCUT2D eigenvalue weighted by Crippen LogP contribution is -2.23. The van der Waals surface area contributed by atoms with Crippen LogP contribution in [-0.2, 0) is 23.1 Å². The highest BCUT2D eigenvalue weighted by atomic mass is 32.2. The number of aromatic nitrogens is 1. The number of nitrogens with one attached hydrogen (secondary N) is 2. The number of nitrogens with zero attached hydrogens (tertiary/aromatic N) is 1. The lowest BCUT2D eigenvalue weighted by atomic mass is 10.4. The van der Waals surface area contributed by atoms with Crippen LogP contribution in [0.3, 0.4) is 0 Å². The number of rotatable bonds is 8. The molecule has 6 nitrogen and oxygen atoms in total. The van der Waals surface area contributed by atoms with E-state index in [1.54, 1.807) is 24.4 Å². The molecule has 2 aromatic rings. The van der Waals surface area contributed by atoms with E-state index in [-0.39, 0.29) is 6.54 Å². The molecule has 0 aromatic carbocycles. The maximum absolute atomic E-state index is 12.2. The smallest absolute Gasteiger partial charge is 0.241 e. The standard InChI is InChI=1S/C13H19N3O3S2/c1-3-4-14-8-12-6-13(9-20-12)21(17,18)15-7-11-5-10(2)19-16-11/h5-6,9,14-15H,3-4,7-8H2,1-2H3. The van der Waals surface area contributed by atoms with Gasteiger partial charge in [-0.25, -0.2) is 13.1 Å². The SMILES string of the molecule is CCCNCc1cc(S(=O)(=O)NCc2cc(C)on2)cs1. The van der Waals surface area contributed by atoms with Crippen molar-refractivity contribution in [3.8, 4) is 0 Å². The van der Waals surface area contributed by atoms with Crippen LogP contribution in [0.25, 0.3) is 0 Å². The van der Waals surface area contributed by atoms with Crippen LogP contribution in [0.1, 0.15) is 29.7 Å². The highest BCUT2D eigenvalue weighted by Crippen LogP contribution is 2.19. The minimum absolute atomic E-state index is 0.124. The van der Waals surface area contributed by atoms with Gasteiger partial charge in [0.05, 0.1) is 17.1 Å². The molecule has 0 radical (unpaired) electrons. The first-order chi connectivity index (χ1) is 10.0. The van der Waals surface area contributed by atoms with Crippen LogP contribution in [0.2, 0.25) is 0 Å². The van der Waals surface area contributed by atoms with Crippen LogP contribution in [-0.4, -0.2) is 20.1 Å². The quantitative estimate of drug-likeness (QED) is 0.724. The second-order valence-electron chi connectivity index (χ2n) is 4.68. The third-order valence-electron chi connectivity index (χ3n) is 2.79. The second-order valence-corrected chi connectivity index (χ2v) is 7.44. The predicted octanol–water partition coefficient (Wildman–Crippen LogP) is 2.02. The minimum Gasteiger partial charge on any atom is -0.361 e. The van der Waals surface area contributed by atoms with Crippen molar-refractivity contribution in [3.63, 3.8) is 0 Å². The topological polar surface area (TPSA) is 84.2 Å². The summed E-state index contributed by atoms with van der Waals surface area (Å²) in [6.07, 6.45) is 1.05. The highest BCUT2D eigenvalue weighted by molar-refractivity contribution is 7.89. The number of sulfonamides is 1. The van der Waals surface area contributed by atoms with Gasteiger partial charge in [-0.2, -0.15) is 0 Å². The lowest BCUT2D eigenvalue weighted by Gasteiger charge is -2.02. The van der Waals surface area contributed by atoms with Crippen molar-refractivity contribution in [2.24, 2.45) is 0 Å². The average molecular weight is 329 g/mol. The van der Waals surface area contributed by atoms with Crippen LogP contribution < -0.4 is 10.0 Å². The molecule has 21 heavy (non-hydrogen) atoms. The van der Waals surface area contributed by atoms with Crippen molar-refractivity contribution >= 4 is 21.4 Å². The Balaban J connectivity index is 1.95. The van der Waals surface area contributed by atoms with Gasteiger partial charge in [-0.05, 0) is 26.0 Å². The summed E-state index contributed by atoms with van der Waals surface area (Å²) < 4.78 is 31.8. The van der Waals surface area contributed by atoms with E-state index in [2.05, 4.69) is 22.1 Å². The van der Waals surface area contributed by atoms with Crippen molar-refractivity contribution in [3.05, 3.63) is 33.8 Å². The van der Waals surface area contributed by atoms with Gasteiger partial charge < -0.3 is 9.84 Å². The van der Waals surface area contributed by atoms with E-state index >= 15 is 0 Å². The fourth-order valence-electron chi connectivity index (χ4n) is 1.74. The summed E-state index contributed by atoms with van der Waals surface area (Å²) in [5.41, 5.74) is 0.566. The Morgan fingerprint density at radius 2 is 2.14 bits per heavy atom. The van der Waals surface area contributed by atoms with E-state index in [1.165, 1.54) is 11.3 Å². The Kier molecular flexibility index (Phi) is 5.51. The number of thiophene rings is 1. The van der Waals surface area contributed by atoms with Gasteiger partial charge in [0, 0.05) is 22.9 Å². The molecule has 0 fully saturated rings. The van der Waals surface area contributed by atoms with Crippen molar-refractivity contribution in [2.45, 2.75) is 38.3 Å². The molecule has 0 saturated carbocycles. The Bertz CT molecular complexity index is 676. The Hall–Kier alpha value is -1.22. The monoisotopic (exact) mass is 329 g/mol. The minimum atomic E-state index is -3.51. The molecule has 0 unspecified atom stereocenters. The molecule has 0 amide bonds. The van der Waals surface area contributed by atoms with E-state index in [1.807, 2.05) is 0 Å². The fourth-order valence-corrected chi connectivity index (χ4v) is 3.98. The molecule has 0 aliphatic carbocycles. The van der Waals surface area contributed by atoms with Crippen molar-refractivity contribution in [1.82, 2.24) is 15.2 Å². The Morgan fingerprint density at radius 3 is 2.81 bits per heavy atom. The van der Waals surface area contributed by atoms with Gasteiger partial charge in [0.1, 0.15) is 5.76 Å². The summed E-state index contributed by atoms with van der Waals surface area (Å²) in [7, 11) is -3.51. The van der Waals surface area contributed by atoms with Crippen LogP contribution in [0, 0.1) is 6.92 Å². The van der Waals surface area contributed by atoms with Gasteiger partial charge in [-0.15, -0.1) is 11.3 Å². The third-order valence-corrected chi connectivity index (χ3v) is 5.25. The van der Waals surface area contributed by atoms with Crippen molar-refractivity contribution in [2.75, 3.05) is 6.54 Å². The van der Waals surface area contributed by atoms with Crippen LogP contribution in [0.15, 0.2) is 26.9 Å². The first kappa shape index (κ1) is 16.2. The summed E-state index contributed by atoms with van der Waals surface area (Å²) in [6, 6.07) is 3.40. The van der Waals surface area contributed by atoms with Gasteiger partial charge in [-0.1, -0.05) is 12.1 Å². The molecule has 0 atom stereocenters. The zero-order chi connectivity index (χ0) is 15.3. The lowest BCUT2D eigenvalue weighted by molar-refractivity contribution is 0.390. The largest absolute Gasteiger partial charge is 0.361 e. The van der Waals surface area contributed by atoms with Crippen molar-refractivity contribution in [1.29, 1.82) is 0 Å². The van der Waals surface area contributed by atoms with Gasteiger partial charge in [-0.3, -0.25) is 0 Å². The average Bonchev–Trinajstić information content (AvgIpc) is 3.06. The summed E-state index contributed by atoms with van der Waals surface area (Å²) >= 11 is 1.44. The normalized spacial score (nSPS) is 11.9. The summed E-state index contributed by atoms with van der Waals surface area (Å²) in [6.45, 7) is 5.59. The van der Waals surface area contributed by atoms with Crippen LogP contribution >= 0.6 is 11.3 Å². The number of hydrogen-bond donors (Lipinski definition) is 2. The van der Waals surface area contributed by atoms with E-state index in [0.717, 1.165) is 17.8 Å². The molecular formula is C13H19N3O3S2. The van der Waals surface area contributed by atoms with Crippen molar-refractivity contribution < 1.29 is 12.9 Å². The molecular weight excluding hydrogens is 310 g/mol. The zero-order valence-electron chi connectivity index (χ0n) is 12.0. The molecule has 116 valence electrons. The summed E-state index contributed by atoms with van der Waals surface area (Å²) in [5.74, 6) is 0.656. The molecule has 0 bridgehead atoms. The zero-order valence-corrected chi connectivity index (χ0v) is 13.7. The van der Waals surface area contributed by atoms with Gasteiger partial charge in [0.2, 0.25) is 10.0 Å². The van der Waals surface area contributed by atoms with Gasteiger partial charge in [0.15, 0.2) is 0 Å². The molecule has 0 aliphatic heterocycles. The molecule has 0 saturated heterocycles. The fraction of sp³-hybridized carbons (Fsp3) is 0.462. The number of aryl methyl sites for hydroxylation is 1. The van der Waals surface area contributed by atoms with E-state index in [9.17, 15) is 8.42 Å². The first-order valence-corrected chi connectivity index (χ1v) is 9.07. The van der Waals surface area contributed by atoms with E-state index in [4.69, 9.17) is 4.52 Å². The molecule has 2 aromatic heterocycles. The predicted molar refractivity (Wildman–Crippen MR) is 81.6 cm³/mol. The molecule has 2 rings (SSSR count). The number of hydrogen-bond acceptors (Lipinski definition) is 6. The Morgan fingerprint density at radius 1 is 1.33 bits per heavy atom. The Labute approximate surface area is 128 Å². The van der Waals surface area contributed by atoms with E-state index < -0.39 is 10.0 Å². The van der Waals surface area contributed by atoms with Crippen LogP contribution in [0.5, 0.6) is 0 Å². The van der Waals surface area contributed by atoms with E-state index in [0.29, 0.717) is 22.9 Å². The maximum Gasteiger partial charge on any atom is 0.241 e. The maximum atomic E-state index is 12.2. The first-order valence-electron chi connectivity index (χ1n) is 6.71. The molecule has 8 heteroatoms. The molecule has 2 N–H and O–H groups in total. The molecule has 2 heterocycles. The molecule has 0 spiro atoms. The van der Waals surface area contributed by atoms with Gasteiger partial charge in [0.25, 0.3) is 0 Å².